The summed E-state index contributed by atoms with van der Waals surface area (Å²) in [5.74, 6) is 2.20. The van der Waals surface area contributed by atoms with Gasteiger partial charge in [-0.1, -0.05) is 24.3 Å². The lowest BCUT2D eigenvalue weighted by Gasteiger charge is -2.39. The number of nitrogens with one attached hydrogen (secondary N) is 2. The van der Waals surface area contributed by atoms with Crippen molar-refractivity contribution in [1.29, 1.82) is 5.41 Å². The number of likely N-dealkylation sites (tertiary alicyclic amines) is 1. The zero-order valence-corrected chi connectivity index (χ0v) is 22.6. The number of nitrogens with two attached hydrogens (primary N) is 1. The minimum Gasteiger partial charge on any atom is -0.457 e. The molecule has 3 aromatic rings. The Bertz CT molecular complexity index is 1350. The number of amides is 1. The van der Waals surface area contributed by atoms with Crippen LogP contribution in [-0.4, -0.2) is 76.4 Å². The molecule has 40 heavy (non-hydrogen) atoms. The van der Waals surface area contributed by atoms with Gasteiger partial charge in [-0.25, -0.2) is 9.97 Å². The molecule has 2 aromatic carbocycles. The standard InChI is InChI=1S/C30H35N7O3/c1-2-7-25(38)36-16-17-39-26(19-36)37-15-6-8-22(37)18-33-30-27(29(32)34-20-35-30)28(31)21-11-13-24(14-12-21)40-23-9-4-3-5-10-23/h2-5,7,9-14,20,22,26,31H,6,8,15-19H2,1H3,(H3,32,33,34,35)/b7-2+,31-28?/t22-,26?/m0/s1. The van der Waals surface area contributed by atoms with Crippen molar-refractivity contribution in [3.63, 3.8) is 0 Å². The second-order valence-corrected chi connectivity index (χ2v) is 9.82. The lowest BCUT2D eigenvalue weighted by molar-refractivity contribution is -0.146. The minimum atomic E-state index is -0.151. The number of aromatic nitrogens is 2. The van der Waals surface area contributed by atoms with Crippen LogP contribution >= 0.6 is 0 Å². The molecule has 10 heteroatoms. The Balaban J connectivity index is 1.26. The third kappa shape index (κ3) is 6.30. The zero-order valence-electron chi connectivity index (χ0n) is 22.6. The number of hydrogen-bond donors (Lipinski definition) is 3. The average Bonchev–Trinajstić information content (AvgIpc) is 3.46. The predicted octanol–water partition coefficient (Wildman–Crippen LogP) is 3.90. The molecule has 2 fully saturated rings. The van der Waals surface area contributed by atoms with Crippen LogP contribution in [0.3, 0.4) is 0 Å². The first-order valence-electron chi connectivity index (χ1n) is 13.6. The predicted molar refractivity (Wildman–Crippen MR) is 155 cm³/mol. The SMILES string of the molecule is C/C=C/C(=O)N1CCOC(N2CCC[C@H]2CNc2ncnc(N)c2C(=N)c2ccc(Oc3ccccc3)cc2)C1. The number of carbonyl (C=O) groups excluding carboxylic acids is 1. The molecule has 0 saturated carbocycles. The van der Waals surface area contributed by atoms with Crippen LogP contribution in [-0.2, 0) is 9.53 Å². The second-order valence-electron chi connectivity index (χ2n) is 9.82. The van der Waals surface area contributed by atoms with Crippen LogP contribution in [0.1, 0.15) is 30.9 Å². The van der Waals surface area contributed by atoms with E-state index in [9.17, 15) is 4.79 Å². The van der Waals surface area contributed by atoms with Gasteiger partial charge in [0.2, 0.25) is 5.91 Å². The lowest BCUT2D eigenvalue weighted by Crippen LogP contribution is -2.54. The third-order valence-corrected chi connectivity index (χ3v) is 7.22. The number of carbonyl (C=O) groups is 1. The number of para-hydroxylation sites is 1. The van der Waals surface area contributed by atoms with Gasteiger partial charge in [0.1, 0.15) is 35.7 Å². The molecule has 10 nitrogen and oxygen atoms in total. The van der Waals surface area contributed by atoms with Gasteiger partial charge in [0, 0.05) is 31.2 Å². The first kappa shape index (κ1) is 27.3. The molecule has 0 aliphatic carbocycles. The number of allylic oxidation sites excluding steroid dienone is 1. The molecule has 4 N–H and O–H groups in total. The van der Waals surface area contributed by atoms with Crippen LogP contribution < -0.4 is 15.8 Å². The van der Waals surface area contributed by atoms with Gasteiger partial charge in [-0.05, 0) is 62.2 Å². The van der Waals surface area contributed by atoms with Gasteiger partial charge in [-0.2, -0.15) is 0 Å². The fourth-order valence-electron chi connectivity index (χ4n) is 5.19. The average molecular weight is 542 g/mol. The molecule has 2 aliphatic rings. The number of hydrogen-bond acceptors (Lipinski definition) is 9. The van der Waals surface area contributed by atoms with Gasteiger partial charge >= 0.3 is 0 Å². The third-order valence-electron chi connectivity index (χ3n) is 7.22. The Morgan fingerprint density at radius 2 is 1.93 bits per heavy atom. The van der Waals surface area contributed by atoms with Crippen LogP contribution in [0.4, 0.5) is 11.6 Å². The minimum absolute atomic E-state index is 0.0175. The van der Waals surface area contributed by atoms with Crippen molar-refractivity contribution in [2.45, 2.75) is 32.0 Å². The van der Waals surface area contributed by atoms with Crippen LogP contribution in [0, 0.1) is 5.41 Å². The van der Waals surface area contributed by atoms with E-state index in [2.05, 4.69) is 20.2 Å². The fraction of sp³-hybridized carbons (Fsp3) is 0.333. The highest BCUT2D eigenvalue weighted by Crippen LogP contribution is 2.27. The Morgan fingerprint density at radius 1 is 1.15 bits per heavy atom. The number of benzene rings is 2. The number of morpholine rings is 1. The van der Waals surface area contributed by atoms with Gasteiger partial charge in [-0.15, -0.1) is 0 Å². The number of ether oxygens (including phenoxy) is 2. The summed E-state index contributed by atoms with van der Waals surface area (Å²) in [4.78, 5) is 25.2. The monoisotopic (exact) mass is 541 g/mol. The Kier molecular flexibility index (Phi) is 8.68. The summed E-state index contributed by atoms with van der Waals surface area (Å²) in [5.41, 5.74) is 7.62. The first-order chi connectivity index (χ1) is 19.5. The number of nitrogens with zero attached hydrogens (tertiary/aromatic N) is 4. The largest absolute Gasteiger partial charge is 0.457 e. The molecule has 0 bridgehead atoms. The van der Waals surface area contributed by atoms with Crippen molar-refractivity contribution >= 4 is 23.3 Å². The highest BCUT2D eigenvalue weighted by molar-refractivity contribution is 6.16. The normalized spacial score (nSPS) is 19.6. The molecule has 5 rings (SSSR count). The van der Waals surface area contributed by atoms with Gasteiger partial charge in [0.25, 0.3) is 0 Å². The van der Waals surface area contributed by atoms with E-state index >= 15 is 0 Å². The van der Waals surface area contributed by atoms with Crippen LogP contribution in [0.25, 0.3) is 0 Å². The molecule has 0 spiro atoms. The molecule has 1 aromatic heterocycles. The molecular formula is C30H35N7O3. The number of rotatable bonds is 9. The van der Waals surface area contributed by atoms with Crippen molar-refractivity contribution in [3.05, 3.63) is 84.2 Å². The highest BCUT2D eigenvalue weighted by Gasteiger charge is 2.35. The van der Waals surface area contributed by atoms with E-state index in [0.29, 0.717) is 48.9 Å². The Morgan fingerprint density at radius 3 is 2.70 bits per heavy atom. The summed E-state index contributed by atoms with van der Waals surface area (Å²) in [6.07, 6.45) is 6.66. The van der Waals surface area contributed by atoms with Gasteiger partial charge in [-0.3, -0.25) is 15.1 Å². The molecule has 0 radical (unpaired) electrons. The van der Waals surface area contributed by atoms with Crippen LogP contribution in [0.5, 0.6) is 11.5 Å². The maximum absolute atomic E-state index is 12.4. The van der Waals surface area contributed by atoms with Crippen molar-refractivity contribution in [3.8, 4) is 11.5 Å². The molecule has 1 unspecified atom stereocenters. The Labute approximate surface area is 234 Å². The van der Waals surface area contributed by atoms with E-state index in [0.717, 1.165) is 25.1 Å². The molecule has 208 valence electrons. The van der Waals surface area contributed by atoms with E-state index in [4.69, 9.17) is 20.6 Å². The maximum atomic E-state index is 12.4. The summed E-state index contributed by atoms with van der Waals surface area (Å²) < 4.78 is 12.0. The fourth-order valence-corrected chi connectivity index (χ4v) is 5.19. The van der Waals surface area contributed by atoms with Gasteiger partial charge in [0.05, 0.1) is 24.4 Å². The number of anilines is 2. The smallest absolute Gasteiger partial charge is 0.246 e. The summed E-state index contributed by atoms with van der Waals surface area (Å²) in [7, 11) is 0. The van der Waals surface area contributed by atoms with Crippen LogP contribution in [0.2, 0.25) is 0 Å². The first-order valence-corrected chi connectivity index (χ1v) is 13.6. The number of nitrogen functional groups attached to an aromatic ring is 1. The summed E-state index contributed by atoms with van der Waals surface area (Å²) in [5, 5.41) is 12.3. The van der Waals surface area contributed by atoms with Gasteiger partial charge < -0.3 is 25.4 Å². The second kappa shape index (κ2) is 12.7. The summed E-state index contributed by atoms with van der Waals surface area (Å²) >= 11 is 0. The van der Waals surface area contributed by atoms with E-state index in [1.807, 2.05) is 66.4 Å². The molecule has 2 aliphatic heterocycles. The van der Waals surface area contributed by atoms with E-state index in [1.165, 1.54) is 6.33 Å². The zero-order chi connectivity index (χ0) is 27.9. The quantitative estimate of drug-likeness (QED) is 0.275. The molecule has 2 saturated heterocycles. The highest BCUT2D eigenvalue weighted by atomic mass is 16.5. The van der Waals surface area contributed by atoms with Crippen molar-refractivity contribution < 1.29 is 14.3 Å². The van der Waals surface area contributed by atoms with Crippen molar-refractivity contribution in [2.24, 2.45) is 0 Å². The van der Waals surface area contributed by atoms with Crippen LogP contribution in [0.15, 0.2) is 73.1 Å². The molecule has 2 atom stereocenters. The summed E-state index contributed by atoms with van der Waals surface area (Å²) in [6, 6.07) is 17.1. The maximum Gasteiger partial charge on any atom is 0.246 e. The van der Waals surface area contributed by atoms with Crippen molar-refractivity contribution in [2.75, 3.05) is 43.8 Å². The van der Waals surface area contributed by atoms with E-state index in [1.54, 1.807) is 12.2 Å². The van der Waals surface area contributed by atoms with Crippen molar-refractivity contribution in [1.82, 2.24) is 19.8 Å². The summed E-state index contributed by atoms with van der Waals surface area (Å²) in [6.45, 7) is 5.00. The molecule has 3 heterocycles. The van der Waals surface area contributed by atoms with E-state index < -0.39 is 0 Å². The van der Waals surface area contributed by atoms with Gasteiger partial charge in [0.15, 0.2) is 0 Å². The topological polar surface area (TPSA) is 130 Å². The molecular weight excluding hydrogens is 506 g/mol. The van der Waals surface area contributed by atoms with E-state index in [-0.39, 0.29) is 29.7 Å². The molecule has 1 amide bonds. The Hall–Kier alpha value is -4.28. The lowest BCUT2D eigenvalue weighted by atomic mass is 10.0.